The highest BCUT2D eigenvalue weighted by atomic mass is 32.2. The Labute approximate surface area is 281 Å². The van der Waals surface area contributed by atoms with Crippen LogP contribution in [0.3, 0.4) is 0 Å². The summed E-state index contributed by atoms with van der Waals surface area (Å²) in [6.07, 6.45) is -11.6. The van der Waals surface area contributed by atoms with Crippen LogP contribution in [-0.2, 0) is 41.1 Å². The number of hydrogen-bond donors (Lipinski definition) is 1. The Morgan fingerprint density at radius 2 is 1.34 bits per heavy atom. The minimum atomic E-state index is -6.20. The molecule has 0 bridgehead atoms. The summed E-state index contributed by atoms with van der Waals surface area (Å²) >= 11 is 0. The minimum absolute atomic E-state index is 0.0868. The molecule has 1 saturated carbocycles. The predicted octanol–water partition coefficient (Wildman–Crippen LogP) is 7.80. The van der Waals surface area contributed by atoms with Crippen molar-refractivity contribution in [3.8, 4) is 0 Å². The van der Waals surface area contributed by atoms with Crippen LogP contribution >= 0.6 is 0 Å². The van der Waals surface area contributed by atoms with Crippen LogP contribution in [0.5, 0.6) is 0 Å². The van der Waals surface area contributed by atoms with Gasteiger partial charge in [0.2, 0.25) is 5.91 Å². The average molecular weight is 738 g/mol. The first-order chi connectivity index (χ1) is 23.4. The molecular formula is C34H32F9NO5S. The van der Waals surface area contributed by atoms with Gasteiger partial charge in [-0.2, -0.15) is 26.3 Å². The predicted molar refractivity (Wildman–Crippen MR) is 161 cm³/mol. The maximum absolute atomic E-state index is 14.5. The number of rotatable bonds is 9. The van der Waals surface area contributed by atoms with E-state index in [0.29, 0.717) is 50.3 Å². The average Bonchev–Trinajstić information content (AvgIpc) is 3.06. The molecule has 2 fully saturated rings. The van der Waals surface area contributed by atoms with E-state index in [-0.39, 0.29) is 48.0 Å². The number of nitrogens with one attached hydrogen (secondary N) is 1. The fourth-order valence-corrected chi connectivity index (χ4v) is 8.82. The molecule has 1 heterocycles. The lowest BCUT2D eigenvalue weighted by molar-refractivity contribution is -0.392. The molecule has 5 rings (SSSR count). The van der Waals surface area contributed by atoms with E-state index in [1.807, 2.05) is 0 Å². The highest BCUT2D eigenvalue weighted by Crippen LogP contribution is 2.54. The summed E-state index contributed by atoms with van der Waals surface area (Å²) in [5.41, 5.74) is -7.89. The first-order valence-corrected chi connectivity index (χ1v) is 17.1. The fourth-order valence-electron chi connectivity index (χ4n) is 6.65. The molecule has 16 heteroatoms. The van der Waals surface area contributed by atoms with Crippen LogP contribution < -0.4 is 5.32 Å². The molecule has 2 aliphatic rings. The zero-order valence-electron chi connectivity index (χ0n) is 26.2. The van der Waals surface area contributed by atoms with E-state index in [0.717, 1.165) is 42.5 Å². The Hall–Kier alpha value is -3.63. The van der Waals surface area contributed by atoms with Gasteiger partial charge in [-0.05, 0) is 80.5 Å². The van der Waals surface area contributed by atoms with Crippen molar-refractivity contribution < 1.29 is 62.2 Å². The number of halogens is 9. The van der Waals surface area contributed by atoms with Crippen LogP contribution in [0.4, 0.5) is 39.5 Å². The van der Waals surface area contributed by atoms with Crippen molar-refractivity contribution >= 4 is 15.7 Å². The van der Waals surface area contributed by atoms with Gasteiger partial charge in [0.25, 0.3) is 5.60 Å². The third-order valence-electron chi connectivity index (χ3n) is 9.48. The van der Waals surface area contributed by atoms with Crippen LogP contribution in [0.2, 0.25) is 0 Å². The molecule has 0 spiro atoms. The van der Waals surface area contributed by atoms with Crippen molar-refractivity contribution in [1.82, 2.24) is 5.32 Å². The number of carbonyl (C=O) groups excluding carboxylic acids is 1. The van der Waals surface area contributed by atoms with Crippen molar-refractivity contribution in [1.29, 1.82) is 0 Å². The maximum atomic E-state index is 14.5. The van der Waals surface area contributed by atoms with Crippen LogP contribution in [0.25, 0.3) is 0 Å². The van der Waals surface area contributed by atoms with Gasteiger partial charge in [0.05, 0.1) is 11.5 Å². The second-order valence-corrected chi connectivity index (χ2v) is 14.6. The number of amides is 1. The Morgan fingerprint density at radius 3 is 1.86 bits per heavy atom. The molecule has 1 N–H and O–H groups in total. The second-order valence-electron chi connectivity index (χ2n) is 12.4. The summed E-state index contributed by atoms with van der Waals surface area (Å²) in [4.78, 5) is 12.5. The van der Waals surface area contributed by atoms with E-state index in [1.54, 1.807) is 0 Å². The third-order valence-corrected chi connectivity index (χ3v) is 12.0. The van der Waals surface area contributed by atoms with Crippen LogP contribution in [0.1, 0.15) is 55.2 Å². The molecule has 1 aliphatic carbocycles. The molecular weight excluding hydrogens is 705 g/mol. The Bertz CT molecular complexity index is 1730. The van der Waals surface area contributed by atoms with Crippen LogP contribution in [-0.4, -0.2) is 45.9 Å². The molecule has 0 atom stereocenters. The van der Waals surface area contributed by atoms with Crippen molar-refractivity contribution in [2.45, 2.75) is 78.8 Å². The zero-order chi connectivity index (χ0) is 36.5. The van der Waals surface area contributed by atoms with Crippen LogP contribution in [0.15, 0.2) is 71.6 Å². The van der Waals surface area contributed by atoms with Gasteiger partial charge in [0, 0.05) is 36.3 Å². The Kier molecular flexibility index (Phi) is 10.7. The Balaban J connectivity index is 1.53. The van der Waals surface area contributed by atoms with E-state index in [9.17, 15) is 52.7 Å². The molecule has 0 unspecified atom stereocenters. The summed E-state index contributed by atoms with van der Waals surface area (Å²) < 4.78 is 166. The number of ether oxygens (including phenoxy) is 2. The zero-order valence-corrected chi connectivity index (χ0v) is 27.0. The molecule has 3 aromatic carbocycles. The fraction of sp³-hybridized carbons (Fsp3) is 0.441. The normalized spacial score (nSPS) is 21.2. The largest absolute Gasteiger partial charge is 0.430 e. The summed E-state index contributed by atoms with van der Waals surface area (Å²) in [5, 5.41) is 2.92. The molecule has 272 valence electrons. The summed E-state index contributed by atoms with van der Waals surface area (Å²) in [6.45, 7) is -0.928. The van der Waals surface area contributed by atoms with Gasteiger partial charge in [0.1, 0.15) is 22.2 Å². The lowest BCUT2D eigenvalue weighted by Crippen LogP contribution is -2.56. The monoisotopic (exact) mass is 737 g/mol. The number of sulfone groups is 1. The van der Waals surface area contributed by atoms with Crippen molar-refractivity contribution in [2.24, 2.45) is 5.92 Å². The van der Waals surface area contributed by atoms with Gasteiger partial charge in [-0.15, -0.1) is 0 Å². The second kappa shape index (κ2) is 14.2. The quantitative estimate of drug-likeness (QED) is 0.179. The molecule has 3 aromatic rings. The summed E-state index contributed by atoms with van der Waals surface area (Å²) in [7, 11) is -4.48. The van der Waals surface area contributed by atoms with Gasteiger partial charge >= 0.3 is 12.4 Å². The maximum Gasteiger partial charge on any atom is 0.430 e. The van der Waals surface area contributed by atoms with Gasteiger partial charge in [-0.1, -0.05) is 30.3 Å². The van der Waals surface area contributed by atoms with Crippen molar-refractivity contribution in [3.05, 3.63) is 101 Å². The lowest BCUT2D eigenvalue weighted by Gasteiger charge is -2.41. The highest BCUT2D eigenvalue weighted by Gasteiger charge is 2.73. The number of hydrogen-bond acceptors (Lipinski definition) is 5. The lowest BCUT2D eigenvalue weighted by atomic mass is 9.79. The molecule has 1 saturated heterocycles. The first-order valence-electron chi connectivity index (χ1n) is 15.6. The Morgan fingerprint density at radius 1 is 0.800 bits per heavy atom. The highest BCUT2D eigenvalue weighted by molar-refractivity contribution is 7.92. The third kappa shape index (κ3) is 6.98. The van der Waals surface area contributed by atoms with E-state index in [4.69, 9.17) is 4.74 Å². The molecule has 50 heavy (non-hydrogen) atoms. The van der Waals surface area contributed by atoms with Gasteiger partial charge in [0.15, 0.2) is 9.84 Å². The van der Waals surface area contributed by atoms with Gasteiger partial charge < -0.3 is 14.8 Å². The molecule has 0 aromatic heterocycles. The minimum Gasteiger partial charge on any atom is -0.381 e. The smallest absolute Gasteiger partial charge is 0.381 e. The van der Waals surface area contributed by atoms with E-state index in [2.05, 4.69) is 10.1 Å². The van der Waals surface area contributed by atoms with Crippen molar-refractivity contribution in [3.63, 3.8) is 0 Å². The number of carbonyl (C=O) groups is 1. The summed E-state index contributed by atoms with van der Waals surface area (Å²) in [5.74, 6) is -4.13. The van der Waals surface area contributed by atoms with Gasteiger partial charge in [-0.3, -0.25) is 4.79 Å². The van der Waals surface area contributed by atoms with E-state index < -0.39 is 73.8 Å². The topological polar surface area (TPSA) is 81.7 Å². The molecule has 6 nitrogen and oxygen atoms in total. The van der Waals surface area contributed by atoms with Crippen molar-refractivity contribution in [2.75, 3.05) is 13.2 Å². The van der Waals surface area contributed by atoms with E-state index in [1.165, 1.54) is 0 Å². The van der Waals surface area contributed by atoms with E-state index >= 15 is 0 Å². The summed E-state index contributed by atoms with van der Waals surface area (Å²) in [6, 6.07) is 7.99. The molecule has 1 aliphatic heterocycles. The molecule has 1 amide bonds. The SMILES string of the molecule is O=C(N[C@H]1CC[C@@](c2ccc(C(OCc3c(F)cccc3F)(C(F)(F)F)C(F)(F)F)cc2)(S(=O)(=O)c2ccc(F)cc2)CC1)C1CCOCC1. The first kappa shape index (κ1) is 37.6. The number of benzene rings is 3. The number of alkyl halides is 6. The van der Waals surface area contributed by atoms with Gasteiger partial charge in [-0.25, -0.2) is 21.6 Å². The standard InChI is InChI=1S/C34H32F9NO5S/c35-24-8-10-26(11-9-24)50(46,47)31(16-12-25(13-17-31)44-30(45)21-14-18-48-19-15-21)22-4-6-23(7-5-22)32(33(38,39)40,34(41,42)43)49-20-27-28(36)2-1-3-29(27)37/h1-11,21,25H,12-20H2,(H,44,45)/t25-,31+. The molecule has 0 radical (unpaired) electrons. The van der Waals surface area contributed by atoms with Crippen LogP contribution in [0, 0.1) is 23.4 Å².